The summed E-state index contributed by atoms with van der Waals surface area (Å²) in [6.07, 6.45) is 1.81. The van der Waals surface area contributed by atoms with E-state index in [-0.39, 0.29) is 0 Å². The van der Waals surface area contributed by atoms with E-state index in [4.69, 9.17) is 10.4 Å². The maximum atomic E-state index is 6.03. The van der Waals surface area contributed by atoms with E-state index in [1.54, 1.807) is 0 Å². The molecular formula is C19H17N5OS. The van der Waals surface area contributed by atoms with Gasteiger partial charge in [-0.15, -0.1) is 0 Å². The van der Waals surface area contributed by atoms with Crippen molar-refractivity contribution in [2.45, 2.75) is 17.8 Å². The van der Waals surface area contributed by atoms with Crippen LogP contribution in [0.15, 0.2) is 70.5 Å². The Morgan fingerprint density at radius 3 is 2.62 bits per heavy atom. The van der Waals surface area contributed by atoms with Crippen LogP contribution < -0.4 is 5.84 Å². The summed E-state index contributed by atoms with van der Waals surface area (Å²) < 4.78 is 6.89. The highest BCUT2D eigenvalue weighted by Gasteiger charge is 2.13. The molecule has 0 saturated heterocycles. The highest BCUT2D eigenvalue weighted by atomic mass is 32.2. The van der Waals surface area contributed by atoms with Crippen molar-refractivity contribution in [3.63, 3.8) is 0 Å². The molecule has 0 aliphatic rings. The van der Waals surface area contributed by atoms with Crippen LogP contribution in [-0.2, 0) is 5.75 Å². The van der Waals surface area contributed by atoms with Crippen molar-refractivity contribution in [3.8, 4) is 22.6 Å². The number of hydrogen-bond acceptors (Lipinski definition) is 6. The fraction of sp³-hybridized carbons (Fsp3) is 0.105. The summed E-state index contributed by atoms with van der Waals surface area (Å²) in [5.74, 6) is 7.66. The summed E-state index contributed by atoms with van der Waals surface area (Å²) in [5.41, 5.74) is 3.94. The minimum absolute atomic E-state index is 0.501. The van der Waals surface area contributed by atoms with Crippen LogP contribution in [0.3, 0.4) is 0 Å². The summed E-state index contributed by atoms with van der Waals surface area (Å²) in [5, 5.41) is 4.77. The lowest BCUT2D eigenvalue weighted by Crippen LogP contribution is -2.07. The molecule has 130 valence electrons. The number of thioether (sulfide) groups is 1. The number of nitrogens with zero attached hydrogens (tertiary/aromatic N) is 4. The molecule has 0 fully saturated rings. The summed E-state index contributed by atoms with van der Waals surface area (Å²) in [4.78, 5) is 9.06. The van der Waals surface area contributed by atoms with Crippen molar-refractivity contribution >= 4 is 11.8 Å². The van der Waals surface area contributed by atoms with Crippen molar-refractivity contribution in [1.29, 1.82) is 0 Å². The zero-order valence-electron chi connectivity index (χ0n) is 14.2. The van der Waals surface area contributed by atoms with Gasteiger partial charge in [0.1, 0.15) is 0 Å². The van der Waals surface area contributed by atoms with Crippen molar-refractivity contribution in [1.82, 2.24) is 19.8 Å². The molecule has 0 saturated carbocycles. The Bertz CT molecular complexity index is 1030. The number of nitrogens with two attached hydrogens (primary N) is 1. The second kappa shape index (κ2) is 7.05. The van der Waals surface area contributed by atoms with Crippen LogP contribution in [0.1, 0.15) is 11.5 Å². The number of imidazole rings is 1. The first-order valence-electron chi connectivity index (χ1n) is 8.12. The Morgan fingerprint density at radius 1 is 1.04 bits per heavy atom. The van der Waals surface area contributed by atoms with Crippen LogP contribution in [0.4, 0.5) is 0 Å². The second-order valence-electron chi connectivity index (χ2n) is 5.80. The second-order valence-corrected chi connectivity index (χ2v) is 6.74. The van der Waals surface area contributed by atoms with Crippen molar-refractivity contribution in [2.75, 3.05) is 5.84 Å². The van der Waals surface area contributed by atoms with E-state index in [1.165, 1.54) is 16.4 Å². The molecule has 6 nitrogen and oxygen atoms in total. The van der Waals surface area contributed by atoms with Crippen molar-refractivity contribution in [3.05, 3.63) is 72.2 Å². The van der Waals surface area contributed by atoms with Crippen LogP contribution in [0.2, 0.25) is 0 Å². The quantitative estimate of drug-likeness (QED) is 0.427. The average Bonchev–Trinajstić information content (AvgIpc) is 3.28. The Kier molecular flexibility index (Phi) is 4.45. The van der Waals surface area contributed by atoms with Gasteiger partial charge >= 0.3 is 0 Å². The highest BCUT2D eigenvalue weighted by molar-refractivity contribution is 7.98. The molecular weight excluding hydrogens is 346 g/mol. The van der Waals surface area contributed by atoms with Crippen LogP contribution in [-0.4, -0.2) is 19.8 Å². The Balaban J connectivity index is 1.49. The van der Waals surface area contributed by atoms with Gasteiger partial charge in [0, 0.05) is 11.1 Å². The number of aryl methyl sites for hydroxylation is 1. The molecule has 26 heavy (non-hydrogen) atoms. The van der Waals surface area contributed by atoms with E-state index in [9.17, 15) is 0 Å². The monoisotopic (exact) mass is 363 g/mol. The first-order chi connectivity index (χ1) is 12.7. The maximum absolute atomic E-state index is 6.03. The SMILES string of the molecule is Cc1ccccc1-c1noc(CSc2nc(-c3ccccc3)cn2N)n1. The van der Waals surface area contributed by atoms with Gasteiger partial charge in [0.05, 0.1) is 17.6 Å². The Hall–Kier alpha value is -3.06. The van der Waals surface area contributed by atoms with Crippen molar-refractivity contribution in [2.24, 2.45) is 0 Å². The Labute approximate surface area is 155 Å². The first kappa shape index (κ1) is 16.4. The lowest BCUT2D eigenvalue weighted by molar-refractivity contribution is 0.391. The van der Waals surface area contributed by atoms with E-state index in [0.29, 0.717) is 22.6 Å². The van der Waals surface area contributed by atoms with E-state index in [0.717, 1.165) is 22.4 Å². The molecule has 0 radical (unpaired) electrons. The molecule has 0 atom stereocenters. The van der Waals surface area contributed by atoms with Crippen LogP contribution in [0.25, 0.3) is 22.6 Å². The van der Waals surface area contributed by atoms with Crippen LogP contribution >= 0.6 is 11.8 Å². The molecule has 0 unspecified atom stereocenters. The Morgan fingerprint density at radius 2 is 1.81 bits per heavy atom. The third-order valence-corrected chi connectivity index (χ3v) is 4.90. The molecule has 0 aliphatic carbocycles. The van der Waals surface area contributed by atoms with E-state index >= 15 is 0 Å². The normalized spacial score (nSPS) is 11.0. The predicted molar refractivity (Wildman–Crippen MR) is 102 cm³/mol. The van der Waals surface area contributed by atoms with Gasteiger partial charge in [-0.25, -0.2) is 9.66 Å². The summed E-state index contributed by atoms with van der Waals surface area (Å²) in [6.45, 7) is 2.02. The molecule has 0 aliphatic heterocycles. The zero-order valence-corrected chi connectivity index (χ0v) is 15.0. The largest absolute Gasteiger partial charge is 0.338 e. The lowest BCUT2D eigenvalue weighted by Gasteiger charge is -1.98. The van der Waals surface area contributed by atoms with Gasteiger partial charge in [-0.1, -0.05) is 71.5 Å². The van der Waals surface area contributed by atoms with Crippen LogP contribution in [0, 0.1) is 6.92 Å². The first-order valence-corrected chi connectivity index (χ1v) is 9.10. The number of benzene rings is 2. The number of nitrogen functional groups attached to an aromatic ring is 1. The van der Waals surface area contributed by atoms with Crippen LogP contribution in [0.5, 0.6) is 0 Å². The van der Waals surface area contributed by atoms with Crippen molar-refractivity contribution < 1.29 is 4.52 Å². The average molecular weight is 363 g/mol. The maximum Gasteiger partial charge on any atom is 0.237 e. The molecule has 2 aromatic carbocycles. The zero-order chi connectivity index (χ0) is 17.9. The molecule has 0 amide bonds. The highest BCUT2D eigenvalue weighted by Crippen LogP contribution is 2.26. The number of hydrogen-bond donors (Lipinski definition) is 1. The van der Waals surface area contributed by atoms with Gasteiger partial charge in [-0.05, 0) is 12.5 Å². The molecule has 0 bridgehead atoms. The van der Waals surface area contributed by atoms with Gasteiger partial charge in [0.25, 0.3) is 0 Å². The third kappa shape index (κ3) is 3.34. The van der Waals surface area contributed by atoms with Gasteiger partial charge in [-0.2, -0.15) is 4.98 Å². The predicted octanol–water partition coefficient (Wildman–Crippen LogP) is 3.91. The van der Waals surface area contributed by atoms with Gasteiger partial charge < -0.3 is 10.4 Å². The summed E-state index contributed by atoms with van der Waals surface area (Å²) in [7, 11) is 0. The van der Waals surface area contributed by atoms with Gasteiger partial charge in [0.15, 0.2) is 5.16 Å². The molecule has 2 heterocycles. The smallest absolute Gasteiger partial charge is 0.237 e. The minimum Gasteiger partial charge on any atom is -0.338 e. The van der Waals surface area contributed by atoms with E-state index in [2.05, 4.69) is 15.1 Å². The van der Waals surface area contributed by atoms with E-state index in [1.807, 2.05) is 67.7 Å². The topological polar surface area (TPSA) is 82.8 Å². The van der Waals surface area contributed by atoms with Gasteiger partial charge in [0.2, 0.25) is 11.7 Å². The van der Waals surface area contributed by atoms with E-state index < -0.39 is 0 Å². The molecule has 2 aromatic heterocycles. The summed E-state index contributed by atoms with van der Waals surface area (Å²) >= 11 is 1.46. The summed E-state index contributed by atoms with van der Waals surface area (Å²) in [6, 6.07) is 17.9. The molecule has 4 rings (SSSR count). The minimum atomic E-state index is 0.501. The van der Waals surface area contributed by atoms with Gasteiger partial charge in [-0.3, -0.25) is 0 Å². The fourth-order valence-electron chi connectivity index (χ4n) is 2.60. The number of aromatic nitrogens is 4. The lowest BCUT2D eigenvalue weighted by atomic mass is 10.1. The molecule has 4 aromatic rings. The fourth-order valence-corrected chi connectivity index (χ4v) is 3.34. The molecule has 7 heteroatoms. The standard InChI is InChI=1S/C19H17N5OS/c1-13-7-5-6-10-15(13)18-22-17(25-23-18)12-26-19-21-16(11-24(19)20)14-8-3-2-4-9-14/h2-11H,12,20H2,1H3. The molecule has 0 spiro atoms. The third-order valence-electron chi connectivity index (χ3n) is 3.95. The number of rotatable bonds is 5. The molecule has 2 N–H and O–H groups in total.